The second-order valence-electron chi connectivity index (χ2n) is 7.66. The average molecular weight is 377 g/mol. The van der Waals surface area contributed by atoms with Gasteiger partial charge in [0.15, 0.2) is 0 Å². The number of H-pyrrole nitrogens is 1. The first kappa shape index (κ1) is 18.3. The van der Waals surface area contributed by atoms with Crippen LogP contribution in [0, 0.1) is 5.92 Å². The number of likely N-dealkylation sites (tertiary alicyclic amines) is 1. The van der Waals surface area contributed by atoms with Gasteiger partial charge in [-0.2, -0.15) is 5.10 Å². The maximum absolute atomic E-state index is 12.6. The molecule has 146 valence electrons. The zero-order chi connectivity index (χ0) is 18.8. The number of fused-ring (bicyclic) bond motifs is 1. The van der Waals surface area contributed by atoms with Crippen LogP contribution in [0.4, 0.5) is 8.78 Å². The third-order valence-electron chi connectivity index (χ3n) is 5.80. The van der Waals surface area contributed by atoms with Gasteiger partial charge < -0.3 is 0 Å². The third-order valence-corrected chi connectivity index (χ3v) is 5.80. The van der Waals surface area contributed by atoms with Crippen LogP contribution in [0.15, 0.2) is 17.2 Å². The molecular weight excluding hydrogens is 352 g/mol. The largest absolute Gasteiger partial charge is 0.299 e. The molecule has 1 N–H and O–H groups in total. The van der Waals surface area contributed by atoms with Gasteiger partial charge in [-0.15, -0.1) is 0 Å². The van der Waals surface area contributed by atoms with Crippen molar-refractivity contribution in [1.82, 2.24) is 24.6 Å². The highest BCUT2D eigenvalue weighted by atomic mass is 19.3. The van der Waals surface area contributed by atoms with Gasteiger partial charge in [0.2, 0.25) is 0 Å². The average Bonchev–Trinajstić information content (AvgIpc) is 3.08. The number of piperidine rings is 1. The van der Waals surface area contributed by atoms with Crippen LogP contribution in [0.3, 0.4) is 0 Å². The minimum absolute atomic E-state index is 0.367. The first-order chi connectivity index (χ1) is 13.1. The summed E-state index contributed by atoms with van der Waals surface area (Å²) in [6, 6.07) is 0.945. The summed E-state index contributed by atoms with van der Waals surface area (Å²) in [6.45, 7) is 3.34. The van der Waals surface area contributed by atoms with Gasteiger partial charge in [-0.3, -0.25) is 19.4 Å². The summed E-state index contributed by atoms with van der Waals surface area (Å²) in [5.74, 6) is 0.367. The number of halogens is 2. The molecule has 0 spiro atoms. The summed E-state index contributed by atoms with van der Waals surface area (Å²) in [6.07, 6.45) is 5.24. The third kappa shape index (κ3) is 4.10. The maximum Gasteiger partial charge on any atom is 0.280 e. The first-order valence-electron chi connectivity index (χ1n) is 9.72. The van der Waals surface area contributed by atoms with Gasteiger partial charge in [0.1, 0.15) is 5.69 Å². The van der Waals surface area contributed by atoms with Crippen molar-refractivity contribution < 1.29 is 8.78 Å². The quantitative estimate of drug-likeness (QED) is 0.870. The molecule has 2 aromatic rings. The molecule has 3 heterocycles. The minimum atomic E-state index is -2.71. The lowest BCUT2D eigenvalue weighted by Crippen LogP contribution is -2.36. The Bertz CT molecular complexity index is 839. The monoisotopic (exact) mass is 377 g/mol. The van der Waals surface area contributed by atoms with Gasteiger partial charge in [-0.1, -0.05) is 0 Å². The number of hydrogen-bond acceptors (Lipinski definition) is 4. The highest BCUT2D eigenvalue weighted by Crippen LogP contribution is 2.25. The topological polar surface area (TPSA) is 66.8 Å². The van der Waals surface area contributed by atoms with E-state index in [0.29, 0.717) is 12.5 Å². The minimum Gasteiger partial charge on any atom is -0.299 e. The van der Waals surface area contributed by atoms with E-state index in [1.165, 1.54) is 40.7 Å². The Morgan fingerprint density at radius 1 is 1.22 bits per heavy atom. The van der Waals surface area contributed by atoms with Gasteiger partial charge in [0.25, 0.3) is 12.0 Å². The predicted molar refractivity (Wildman–Crippen MR) is 96.7 cm³/mol. The Morgan fingerprint density at radius 2 is 2.00 bits per heavy atom. The lowest BCUT2D eigenvalue weighted by Gasteiger charge is -2.32. The molecule has 1 aliphatic heterocycles. The SMILES string of the molecule is O=c1cc(C(F)F)ncn1CC1CCN(Cc2n[nH]c3c2CCCC3)CC1. The molecule has 6 nitrogen and oxygen atoms in total. The summed E-state index contributed by atoms with van der Waals surface area (Å²) in [5, 5.41) is 7.73. The van der Waals surface area contributed by atoms with Crippen molar-refractivity contribution in [3.8, 4) is 0 Å². The molecule has 0 aromatic carbocycles. The Balaban J connectivity index is 1.32. The second-order valence-corrected chi connectivity index (χ2v) is 7.66. The van der Waals surface area contributed by atoms with Gasteiger partial charge in [-0.25, -0.2) is 13.8 Å². The van der Waals surface area contributed by atoms with E-state index in [1.807, 2.05) is 0 Å². The predicted octanol–water partition coefficient (Wildman–Crippen LogP) is 2.70. The van der Waals surface area contributed by atoms with E-state index >= 15 is 0 Å². The van der Waals surface area contributed by atoms with Crippen LogP contribution in [0.1, 0.15) is 54.8 Å². The maximum atomic E-state index is 12.6. The van der Waals surface area contributed by atoms with Crippen LogP contribution in [-0.2, 0) is 25.9 Å². The van der Waals surface area contributed by atoms with Gasteiger partial charge in [0, 0.05) is 24.8 Å². The Kier molecular flexibility index (Phi) is 5.33. The van der Waals surface area contributed by atoms with Crippen molar-refractivity contribution in [1.29, 1.82) is 0 Å². The van der Waals surface area contributed by atoms with E-state index in [0.717, 1.165) is 51.4 Å². The van der Waals surface area contributed by atoms with Crippen LogP contribution in [-0.4, -0.2) is 37.7 Å². The molecule has 0 radical (unpaired) electrons. The number of hydrogen-bond donors (Lipinski definition) is 1. The van der Waals surface area contributed by atoms with E-state index in [-0.39, 0.29) is 0 Å². The molecule has 0 bridgehead atoms. The zero-order valence-corrected chi connectivity index (χ0v) is 15.3. The van der Waals surface area contributed by atoms with E-state index in [9.17, 15) is 13.6 Å². The summed E-state index contributed by atoms with van der Waals surface area (Å²) in [4.78, 5) is 18.1. The van der Waals surface area contributed by atoms with E-state index < -0.39 is 17.7 Å². The molecule has 4 rings (SSSR count). The summed E-state index contributed by atoms with van der Waals surface area (Å²) in [7, 11) is 0. The Hall–Kier alpha value is -2.09. The normalized spacial score (nSPS) is 18.8. The van der Waals surface area contributed by atoms with E-state index in [2.05, 4.69) is 20.1 Å². The highest BCUT2D eigenvalue weighted by Gasteiger charge is 2.23. The van der Waals surface area contributed by atoms with Crippen LogP contribution in [0.25, 0.3) is 0 Å². The molecule has 27 heavy (non-hydrogen) atoms. The number of aromatic nitrogens is 4. The Labute approximate surface area is 156 Å². The van der Waals surface area contributed by atoms with Crippen molar-refractivity contribution in [3.63, 3.8) is 0 Å². The molecular formula is C19H25F2N5O. The summed E-state index contributed by atoms with van der Waals surface area (Å²) >= 11 is 0. The molecule has 2 aliphatic rings. The lowest BCUT2D eigenvalue weighted by molar-refractivity contribution is 0.144. The molecule has 2 aromatic heterocycles. The van der Waals surface area contributed by atoms with Crippen molar-refractivity contribution in [2.45, 2.75) is 58.0 Å². The molecule has 1 saturated heterocycles. The van der Waals surface area contributed by atoms with Crippen molar-refractivity contribution in [2.24, 2.45) is 5.92 Å². The van der Waals surface area contributed by atoms with Crippen LogP contribution in [0.5, 0.6) is 0 Å². The van der Waals surface area contributed by atoms with Gasteiger partial charge in [-0.05, 0) is 63.1 Å². The number of nitrogens with zero attached hydrogens (tertiary/aromatic N) is 4. The summed E-state index contributed by atoms with van der Waals surface area (Å²) in [5.41, 5.74) is 3.07. The Morgan fingerprint density at radius 3 is 2.74 bits per heavy atom. The number of rotatable bonds is 5. The molecule has 0 saturated carbocycles. The van der Waals surface area contributed by atoms with E-state index in [1.54, 1.807) is 0 Å². The van der Waals surface area contributed by atoms with Crippen LogP contribution in [0.2, 0.25) is 0 Å². The second kappa shape index (κ2) is 7.88. The highest BCUT2D eigenvalue weighted by molar-refractivity contribution is 5.27. The fourth-order valence-corrected chi connectivity index (χ4v) is 4.19. The zero-order valence-electron chi connectivity index (χ0n) is 15.3. The van der Waals surface area contributed by atoms with Gasteiger partial charge >= 0.3 is 0 Å². The molecule has 0 atom stereocenters. The fraction of sp³-hybridized carbons (Fsp3) is 0.632. The number of aryl methyl sites for hydroxylation is 1. The lowest BCUT2D eigenvalue weighted by atomic mass is 9.94. The number of alkyl halides is 2. The number of aromatic amines is 1. The molecule has 1 fully saturated rings. The standard InChI is InChI=1S/C19H25F2N5O/c20-19(21)16-9-18(27)26(12-22-16)10-13-5-7-25(8-6-13)11-17-14-3-1-2-4-15(14)23-24-17/h9,12-13,19H,1-8,10-11H2,(H,23,24). The van der Waals surface area contributed by atoms with Crippen molar-refractivity contribution in [2.75, 3.05) is 13.1 Å². The number of nitrogens with one attached hydrogen (secondary N) is 1. The molecule has 0 amide bonds. The molecule has 0 unspecified atom stereocenters. The van der Waals surface area contributed by atoms with Crippen LogP contribution < -0.4 is 5.56 Å². The van der Waals surface area contributed by atoms with Crippen molar-refractivity contribution >= 4 is 0 Å². The molecule has 8 heteroatoms. The van der Waals surface area contributed by atoms with Gasteiger partial charge in [0.05, 0.1) is 12.0 Å². The summed E-state index contributed by atoms with van der Waals surface area (Å²) < 4.78 is 26.7. The van der Waals surface area contributed by atoms with Crippen LogP contribution >= 0.6 is 0 Å². The first-order valence-corrected chi connectivity index (χ1v) is 9.72. The van der Waals surface area contributed by atoms with E-state index in [4.69, 9.17) is 0 Å². The molecule has 1 aliphatic carbocycles. The fourth-order valence-electron chi connectivity index (χ4n) is 4.19. The van der Waals surface area contributed by atoms with Crippen molar-refractivity contribution in [3.05, 3.63) is 45.4 Å². The smallest absolute Gasteiger partial charge is 0.280 e.